The van der Waals surface area contributed by atoms with Gasteiger partial charge in [-0.25, -0.2) is 4.79 Å². The molecule has 1 N–H and O–H groups in total. The molecule has 3 aromatic rings. The maximum absolute atomic E-state index is 13.7. The van der Waals surface area contributed by atoms with Gasteiger partial charge in [0.1, 0.15) is 11.3 Å². The molecule has 2 aromatic carbocycles. The first kappa shape index (κ1) is 33.5. The second kappa shape index (κ2) is 14.8. The first-order chi connectivity index (χ1) is 22.7. The van der Waals surface area contributed by atoms with Gasteiger partial charge in [0.15, 0.2) is 11.5 Å². The van der Waals surface area contributed by atoms with E-state index in [1.54, 1.807) is 0 Å². The van der Waals surface area contributed by atoms with E-state index in [9.17, 15) is 4.79 Å². The number of nitrogens with one attached hydrogen (secondary N) is 1. The Morgan fingerprint density at radius 3 is 2.77 bits per heavy atom. The Balaban J connectivity index is 1.28. The molecule has 0 spiro atoms. The molecule has 0 saturated carbocycles. The monoisotopic (exact) mass is 660 g/mol. The van der Waals surface area contributed by atoms with E-state index in [0.29, 0.717) is 55.3 Å². The normalized spacial score (nSPS) is 24.7. The van der Waals surface area contributed by atoms with Crippen LogP contribution in [0.15, 0.2) is 48.7 Å². The Labute approximate surface area is 284 Å². The van der Waals surface area contributed by atoms with Gasteiger partial charge in [0.2, 0.25) is 0 Å². The third-order valence-electron chi connectivity index (χ3n) is 10.3. The standard InChI is InChI=1S/C39H49ClN2O5/c1-25(24-46-34-13-17-41-33-10-5-7-26(2)37(33)34)19-28-11-15-39(38(43)44-4,42-32-9-6-8-31(40)23-32)16-12-29-21-36-35(22-30(29)20-28)45-18-14-27(3)47-36/h6,8-9,13,17,21-23,25-28,42H,5,7,10-12,14-16,18-20,24H2,1-4H3/t25-,26-,27-,28+,39+/m1/s1. The Morgan fingerprint density at radius 2 is 1.94 bits per heavy atom. The van der Waals surface area contributed by atoms with Crippen LogP contribution in [0.1, 0.15) is 94.0 Å². The fourth-order valence-electron chi connectivity index (χ4n) is 7.78. The summed E-state index contributed by atoms with van der Waals surface area (Å²) in [5.74, 6) is 3.41. The molecule has 6 rings (SSSR count). The maximum atomic E-state index is 13.7. The fourth-order valence-corrected chi connectivity index (χ4v) is 7.97. The number of carbonyl (C=O) groups excluding carboxylic acids is 1. The number of hydrogen-bond donors (Lipinski definition) is 1. The number of halogens is 1. The number of methoxy groups -OCH3 is 1. The van der Waals surface area contributed by atoms with Crippen LogP contribution >= 0.6 is 11.6 Å². The zero-order valence-electron chi connectivity index (χ0n) is 28.3. The Hall–Kier alpha value is -3.45. The number of esters is 1. The molecular formula is C39H49ClN2O5. The zero-order valence-corrected chi connectivity index (χ0v) is 29.0. The SMILES string of the molecule is COC(=O)[C@@]1(Nc2cccc(Cl)c2)CCc2cc3c(cc2C[C@H](C[C@@H](C)COc2ccnc4c2[C@H](C)CCC4)CC1)OCC[C@@H](C)O3. The summed E-state index contributed by atoms with van der Waals surface area (Å²) >= 11 is 6.37. The van der Waals surface area contributed by atoms with E-state index in [2.05, 4.69) is 43.2 Å². The molecule has 252 valence electrons. The Bertz CT molecular complexity index is 1560. The summed E-state index contributed by atoms with van der Waals surface area (Å²) in [5, 5.41) is 4.22. The first-order valence-electron chi connectivity index (χ1n) is 17.4. The van der Waals surface area contributed by atoms with Crippen molar-refractivity contribution in [1.82, 2.24) is 4.98 Å². The number of hydrogen-bond acceptors (Lipinski definition) is 7. The average molecular weight is 661 g/mol. The first-order valence-corrected chi connectivity index (χ1v) is 17.8. The Morgan fingerprint density at radius 1 is 1.09 bits per heavy atom. The van der Waals surface area contributed by atoms with Crippen molar-refractivity contribution < 1.29 is 23.7 Å². The van der Waals surface area contributed by atoms with E-state index in [-0.39, 0.29) is 12.1 Å². The number of rotatable bonds is 8. The van der Waals surface area contributed by atoms with Crippen molar-refractivity contribution in [2.75, 3.05) is 25.6 Å². The van der Waals surface area contributed by atoms with Gasteiger partial charge in [-0.2, -0.15) is 0 Å². The molecule has 0 unspecified atom stereocenters. The van der Waals surface area contributed by atoms with E-state index < -0.39 is 5.54 Å². The van der Waals surface area contributed by atoms with Crippen molar-refractivity contribution in [2.45, 2.75) is 103 Å². The van der Waals surface area contributed by atoms with Gasteiger partial charge in [-0.1, -0.05) is 31.5 Å². The lowest BCUT2D eigenvalue weighted by Crippen LogP contribution is -2.48. The molecule has 0 fully saturated rings. The van der Waals surface area contributed by atoms with Crippen LogP contribution in [-0.4, -0.2) is 42.9 Å². The largest absolute Gasteiger partial charge is 0.493 e. The van der Waals surface area contributed by atoms with E-state index in [1.165, 1.54) is 42.3 Å². The fraction of sp³-hybridized carbons (Fsp3) is 0.538. The molecule has 0 radical (unpaired) electrons. The zero-order chi connectivity index (χ0) is 33.0. The van der Waals surface area contributed by atoms with Gasteiger partial charge in [0.25, 0.3) is 0 Å². The number of aryl methyl sites for hydroxylation is 2. The second-order valence-electron chi connectivity index (χ2n) is 14.1. The molecule has 8 heteroatoms. The number of pyridine rings is 1. The molecule has 5 atom stereocenters. The van der Waals surface area contributed by atoms with Crippen LogP contribution in [0.2, 0.25) is 5.02 Å². The molecule has 0 amide bonds. The topological polar surface area (TPSA) is 78.9 Å². The van der Waals surface area contributed by atoms with Gasteiger partial charge in [0.05, 0.1) is 26.4 Å². The molecular weight excluding hydrogens is 612 g/mol. The van der Waals surface area contributed by atoms with Crippen molar-refractivity contribution in [2.24, 2.45) is 11.8 Å². The van der Waals surface area contributed by atoms with E-state index in [4.69, 9.17) is 30.5 Å². The third kappa shape index (κ3) is 7.83. The van der Waals surface area contributed by atoms with Crippen LogP contribution in [0.25, 0.3) is 0 Å². The maximum Gasteiger partial charge on any atom is 0.331 e. The minimum Gasteiger partial charge on any atom is -0.493 e. The quantitative estimate of drug-likeness (QED) is 0.242. The number of carbonyl (C=O) groups is 1. The summed E-state index contributed by atoms with van der Waals surface area (Å²) in [6.45, 7) is 7.91. The summed E-state index contributed by atoms with van der Waals surface area (Å²) in [5.41, 5.74) is 4.82. The average Bonchev–Trinajstić information content (AvgIpc) is 3.19. The molecule has 7 nitrogen and oxygen atoms in total. The van der Waals surface area contributed by atoms with Crippen LogP contribution in [0.4, 0.5) is 5.69 Å². The van der Waals surface area contributed by atoms with Crippen LogP contribution in [0, 0.1) is 11.8 Å². The lowest BCUT2D eigenvalue weighted by Gasteiger charge is -2.34. The number of nitrogens with zero attached hydrogens (tertiary/aromatic N) is 1. The number of aromatic nitrogens is 1. The number of anilines is 1. The van der Waals surface area contributed by atoms with Gasteiger partial charge in [0, 0.05) is 34.6 Å². The van der Waals surface area contributed by atoms with Gasteiger partial charge < -0.3 is 24.3 Å². The van der Waals surface area contributed by atoms with Crippen molar-refractivity contribution in [3.8, 4) is 17.2 Å². The van der Waals surface area contributed by atoms with Gasteiger partial charge >= 0.3 is 5.97 Å². The van der Waals surface area contributed by atoms with Gasteiger partial charge in [-0.15, -0.1) is 0 Å². The number of fused-ring (bicyclic) bond motifs is 3. The highest BCUT2D eigenvalue weighted by Crippen LogP contribution is 2.41. The minimum absolute atomic E-state index is 0.0758. The van der Waals surface area contributed by atoms with E-state index >= 15 is 0 Å². The summed E-state index contributed by atoms with van der Waals surface area (Å²) in [6.07, 6.45) is 10.8. The molecule has 2 aliphatic carbocycles. The molecule has 0 saturated heterocycles. The predicted molar refractivity (Wildman–Crippen MR) is 186 cm³/mol. The highest BCUT2D eigenvalue weighted by Gasteiger charge is 2.41. The molecule has 1 aromatic heterocycles. The Kier molecular flexibility index (Phi) is 10.5. The molecule has 2 heterocycles. The highest BCUT2D eigenvalue weighted by atomic mass is 35.5. The summed E-state index contributed by atoms with van der Waals surface area (Å²) in [6, 6.07) is 13.9. The predicted octanol–water partition coefficient (Wildman–Crippen LogP) is 8.74. The summed E-state index contributed by atoms with van der Waals surface area (Å²) in [7, 11) is 1.48. The molecule has 0 bridgehead atoms. The van der Waals surface area contributed by atoms with Gasteiger partial charge in [-0.05, 0) is 130 Å². The van der Waals surface area contributed by atoms with Crippen LogP contribution in [0.5, 0.6) is 17.2 Å². The van der Waals surface area contributed by atoms with E-state index in [0.717, 1.165) is 55.0 Å². The lowest BCUT2D eigenvalue weighted by atomic mass is 9.82. The van der Waals surface area contributed by atoms with E-state index in [1.807, 2.05) is 36.5 Å². The summed E-state index contributed by atoms with van der Waals surface area (Å²) < 4.78 is 24.5. The second-order valence-corrected chi connectivity index (χ2v) is 14.5. The number of ether oxygens (including phenoxy) is 4. The van der Waals surface area contributed by atoms with Crippen molar-refractivity contribution in [3.63, 3.8) is 0 Å². The van der Waals surface area contributed by atoms with Crippen LogP contribution in [-0.2, 0) is 28.8 Å². The molecule has 1 aliphatic heterocycles. The van der Waals surface area contributed by atoms with Gasteiger partial charge in [-0.3, -0.25) is 4.98 Å². The number of benzene rings is 2. The van der Waals surface area contributed by atoms with Crippen molar-refractivity contribution in [3.05, 3.63) is 76.1 Å². The summed E-state index contributed by atoms with van der Waals surface area (Å²) in [4.78, 5) is 18.4. The highest BCUT2D eigenvalue weighted by molar-refractivity contribution is 6.30. The van der Waals surface area contributed by atoms with Crippen molar-refractivity contribution >= 4 is 23.3 Å². The smallest absolute Gasteiger partial charge is 0.331 e. The minimum atomic E-state index is -0.914. The molecule has 47 heavy (non-hydrogen) atoms. The third-order valence-corrected chi connectivity index (χ3v) is 10.5. The lowest BCUT2D eigenvalue weighted by molar-refractivity contribution is -0.146. The van der Waals surface area contributed by atoms with Crippen LogP contribution < -0.4 is 19.5 Å². The molecule has 3 aliphatic rings. The van der Waals surface area contributed by atoms with Crippen molar-refractivity contribution in [1.29, 1.82) is 0 Å². The van der Waals surface area contributed by atoms with Crippen LogP contribution in [0.3, 0.4) is 0 Å².